The molecular formula is C54H66N10O18S. The van der Waals surface area contributed by atoms with Crippen molar-refractivity contribution in [2.45, 2.75) is 102 Å². The SMILES string of the molecule is CC(=O)N[C@H]1[C@H](OC(OCCOCCn2cc(CNC(=O)c3ccc(/N=N/c4ccc(N(C)C)cc4)cc3)nn2)C(C)(OC(C)=O)C(=O)NCCNc2cccc3c(S(=O)(=O)O)cccc23)O[C@H](COC(C)=O)[C@@H](OC(C)=O)[C@@H]1OC(C)=O. The summed E-state index contributed by atoms with van der Waals surface area (Å²) in [6.45, 7) is 5.48. The van der Waals surface area contributed by atoms with Crippen LogP contribution >= 0.6 is 0 Å². The Morgan fingerprint density at radius 2 is 1.43 bits per heavy atom. The van der Waals surface area contributed by atoms with E-state index in [1.54, 1.807) is 48.7 Å². The Kier molecular flexibility index (Phi) is 22.6. The Balaban J connectivity index is 1.14. The van der Waals surface area contributed by atoms with Crippen molar-refractivity contribution in [2.75, 3.05) is 63.8 Å². The zero-order chi connectivity index (χ0) is 60.4. The molecule has 0 radical (unpaired) electrons. The number of nitrogens with one attached hydrogen (secondary N) is 4. The molecule has 0 saturated carbocycles. The Morgan fingerprint density at radius 1 is 0.783 bits per heavy atom. The lowest BCUT2D eigenvalue weighted by atomic mass is 9.95. The number of hydrogen-bond donors (Lipinski definition) is 5. The van der Waals surface area contributed by atoms with E-state index >= 15 is 0 Å². The second kappa shape index (κ2) is 29.5. The van der Waals surface area contributed by atoms with Crippen LogP contribution in [0.5, 0.6) is 0 Å². The number of nitrogens with zero attached hydrogens (tertiary/aromatic N) is 6. The van der Waals surface area contributed by atoms with E-state index in [1.807, 2.05) is 43.3 Å². The number of azo groups is 1. The highest BCUT2D eigenvalue weighted by Gasteiger charge is 2.55. The van der Waals surface area contributed by atoms with E-state index in [2.05, 4.69) is 41.8 Å². The summed E-state index contributed by atoms with van der Waals surface area (Å²) in [6, 6.07) is 21.7. The molecule has 1 aliphatic rings. The molecule has 6 rings (SSSR count). The predicted octanol–water partition coefficient (Wildman–Crippen LogP) is 3.67. The first kappa shape index (κ1) is 63.7. The molecule has 0 aliphatic carbocycles. The number of benzene rings is 4. The zero-order valence-corrected chi connectivity index (χ0v) is 47.6. The Bertz CT molecular complexity index is 3230. The first-order chi connectivity index (χ1) is 39.4. The van der Waals surface area contributed by atoms with Gasteiger partial charge in [0.1, 0.15) is 29.3 Å². The number of aromatic nitrogens is 3. The lowest BCUT2D eigenvalue weighted by Crippen LogP contribution is -2.68. The number of amides is 3. The third kappa shape index (κ3) is 18.5. The van der Waals surface area contributed by atoms with Gasteiger partial charge in [0, 0.05) is 89.5 Å². The second-order valence-corrected chi connectivity index (χ2v) is 20.4. The summed E-state index contributed by atoms with van der Waals surface area (Å²) in [5, 5.41) is 28.6. The lowest BCUT2D eigenvalue weighted by molar-refractivity contribution is -0.338. The van der Waals surface area contributed by atoms with Crippen LogP contribution < -0.4 is 26.2 Å². The van der Waals surface area contributed by atoms with E-state index in [4.69, 9.17) is 37.9 Å². The molecular weight excluding hydrogens is 1110 g/mol. The molecule has 1 aromatic heterocycles. The van der Waals surface area contributed by atoms with Crippen LogP contribution in [0.1, 0.15) is 57.6 Å². The summed E-state index contributed by atoms with van der Waals surface area (Å²) >= 11 is 0. The number of anilines is 2. The lowest BCUT2D eigenvalue weighted by Gasteiger charge is -2.46. The molecule has 0 spiro atoms. The molecule has 5 aromatic rings. The molecule has 3 amide bonds. The molecule has 1 aliphatic heterocycles. The summed E-state index contributed by atoms with van der Waals surface area (Å²) in [4.78, 5) is 91.9. The maximum Gasteiger partial charge on any atom is 0.303 e. The molecule has 7 atom stereocenters. The summed E-state index contributed by atoms with van der Waals surface area (Å²) in [5.41, 5.74) is 1.12. The molecule has 1 fully saturated rings. The molecule has 1 saturated heterocycles. The number of esters is 4. The van der Waals surface area contributed by atoms with Crippen molar-refractivity contribution in [3.8, 4) is 0 Å². The Labute approximate surface area is 477 Å². The number of ether oxygens (including phenoxy) is 8. The molecule has 0 bridgehead atoms. The van der Waals surface area contributed by atoms with E-state index < -0.39 is 95.0 Å². The van der Waals surface area contributed by atoms with Gasteiger partial charge in [-0.15, -0.1) is 5.10 Å². The molecule has 28 nitrogen and oxygen atoms in total. The number of hydrogen-bond acceptors (Lipinski definition) is 23. The van der Waals surface area contributed by atoms with Crippen LogP contribution in [0.25, 0.3) is 10.8 Å². The van der Waals surface area contributed by atoms with E-state index in [0.717, 1.165) is 40.3 Å². The number of fused-ring (bicyclic) bond motifs is 1. The van der Waals surface area contributed by atoms with Gasteiger partial charge in [-0.25, -0.2) is 4.68 Å². The summed E-state index contributed by atoms with van der Waals surface area (Å²) < 4.78 is 82.1. The molecule has 4 aromatic carbocycles. The van der Waals surface area contributed by atoms with Gasteiger partial charge in [0.15, 0.2) is 18.5 Å². The van der Waals surface area contributed by atoms with Crippen LogP contribution in [0.3, 0.4) is 0 Å². The Hall–Kier alpha value is -8.48. The van der Waals surface area contributed by atoms with Gasteiger partial charge < -0.3 is 64.1 Å². The molecule has 2 heterocycles. The summed E-state index contributed by atoms with van der Waals surface area (Å²) in [7, 11) is -0.687. The standard InChI is InChI=1S/C54H66N10O18S/c1-32(65)58-47-49(79-35(4)68)48(78-34(3)67)45(31-77-33(2)66)80-51(47)81-53(54(6,82-36(5)69)52(71)56-24-23-55-44-13-9-12-43-42(44)11-10-14-46(43)83(72,73)74)76-28-27-75-26-25-64-30-40(61-62-64)29-57-50(70)37-15-17-38(18-16-37)59-60-39-19-21-41(22-20-39)63(7)8/h9-22,30,45,47-49,51,53,55H,23-29,31H2,1-8H3,(H,56,71)(H,57,70)(H,58,65)(H,72,73,74)/b60-59+/t45-,47-,48-,49-,51+,53?,54?/m1/s1. The highest BCUT2D eigenvalue weighted by atomic mass is 32.2. The monoisotopic (exact) mass is 1170 g/mol. The quantitative estimate of drug-likeness (QED) is 0.0119. The van der Waals surface area contributed by atoms with Crippen molar-refractivity contribution >= 4 is 85.2 Å². The van der Waals surface area contributed by atoms with Gasteiger partial charge in [0.25, 0.3) is 21.9 Å². The maximum absolute atomic E-state index is 14.5. The van der Waals surface area contributed by atoms with Gasteiger partial charge >= 0.3 is 23.9 Å². The van der Waals surface area contributed by atoms with Crippen LogP contribution in [0, 0.1) is 0 Å². The average Bonchev–Trinajstić information content (AvgIpc) is 3.48. The third-order valence-electron chi connectivity index (χ3n) is 12.2. The summed E-state index contributed by atoms with van der Waals surface area (Å²) in [6.07, 6.45) is -6.70. The van der Waals surface area contributed by atoms with E-state index in [1.165, 1.54) is 29.8 Å². The first-order valence-corrected chi connectivity index (χ1v) is 27.3. The minimum atomic E-state index is -4.57. The van der Waals surface area contributed by atoms with Crippen molar-refractivity contribution in [2.24, 2.45) is 10.2 Å². The van der Waals surface area contributed by atoms with Crippen molar-refractivity contribution in [3.63, 3.8) is 0 Å². The molecule has 2 unspecified atom stereocenters. The van der Waals surface area contributed by atoms with Gasteiger partial charge in [0.05, 0.1) is 50.5 Å². The van der Waals surface area contributed by atoms with Crippen LogP contribution in [0.2, 0.25) is 0 Å². The zero-order valence-electron chi connectivity index (χ0n) is 46.8. The normalized spacial score (nSPS) is 18.0. The van der Waals surface area contributed by atoms with Crippen molar-refractivity contribution in [1.82, 2.24) is 30.9 Å². The fraction of sp³-hybridized carbons (Fsp3) is 0.426. The molecule has 83 heavy (non-hydrogen) atoms. The minimum absolute atomic E-state index is 0.00677. The van der Waals surface area contributed by atoms with Gasteiger partial charge in [-0.1, -0.05) is 29.5 Å². The van der Waals surface area contributed by atoms with Crippen molar-refractivity contribution < 1.29 is 84.4 Å². The van der Waals surface area contributed by atoms with Crippen LogP contribution in [-0.2, 0) is 89.9 Å². The number of carbonyl (C=O) groups excluding carboxylic acids is 7. The topological polar surface area (TPSA) is 354 Å². The van der Waals surface area contributed by atoms with E-state index in [-0.39, 0.29) is 62.2 Å². The van der Waals surface area contributed by atoms with Crippen molar-refractivity contribution in [1.29, 1.82) is 0 Å². The second-order valence-electron chi connectivity index (χ2n) is 19.0. The van der Waals surface area contributed by atoms with E-state index in [0.29, 0.717) is 33.7 Å². The van der Waals surface area contributed by atoms with Crippen LogP contribution in [-0.4, -0.2) is 166 Å². The fourth-order valence-corrected chi connectivity index (χ4v) is 9.16. The molecule has 5 N–H and O–H groups in total. The summed E-state index contributed by atoms with van der Waals surface area (Å²) in [5.74, 6) is -5.56. The van der Waals surface area contributed by atoms with Gasteiger partial charge in [0.2, 0.25) is 17.8 Å². The first-order valence-electron chi connectivity index (χ1n) is 25.8. The van der Waals surface area contributed by atoms with Crippen molar-refractivity contribution in [3.05, 3.63) is 102 Å². The van der Waals surface area contributed by atoms with Crippen LogP contribution in [0.4, 0.5) is 22.7 Å². The van der Waals surface area contributed by atoms with E-state index in [9.17, 15) is 46.5 Å². The Morgan fingerprint density at radius 3 is 2.06 bits per heavy atom. The number of carbonyl (C=O) groups is 7. The smallest absolute Gasteiger partial charge is 0.303 e. The maximum atomic E-state index is 14.5. The molecule has 446 valence electrons. The van der Waals surface area contributed by atoms with Gasteiger partial charge in [-0.05, 0) is 67.6 Å². The van der Waals surface area contributed by atoms with Crippen LogP contribution in [0.15, 0.2) is 106 Å². The average molecular weight is 1180 g/mol. The highest BCUT2D eigenvalue weighted by Crippen LogP contribution is 2.33. The number of rotatable bonds is 28. The predicted molar refractivity (Wildman–Crippen MR) is 294 cm³/mol. The minimum Gasteiger partial charge on any atom is -0.463 e. The third-order valence-corrected chi connectivity index (χ3v) is 13.1. The largest absolute Gasteiger partial charge is 0.463 e. The van der Waals surface area contributed by atoms with Gasteiger partial charge in [-0.2, -0.15) is 18.6 Å². The fourth-order valence-electron chi connectivity index (χ4n) is 8.45. The molecule has 29 heteroatoms. The highest BCUT2D eigenvalue weighted by molar-refractivity contribution is 7.86. The van der Waals surface area contributed by atoms with Gasteiger partial charge in [-0.3, -0.25) is 38.1 Å².